The molecule has 1 aliphatic carbocycles. The smallest absolute Gasteiger partial charge is 0.299 e. The fourth-order valence-corrected chi connectivity index (χ4v) is 3.06. The summed E-state index contributed by atoms with van der Waals surface area (Å²) in [5.41, 5.74) is 0. The van der Waals surface area contributed by atoms with E-state index in [1.165, 1.54) is 19.3 Å². The minimum Gasteiger partial charge on any atom is -0.299 e. The molecule has 118 valence electrons. The summed E-state index contributed by atoms with van der Waals surface area (Å²) in [6, 6.07) is 0. The molecule has 0 amide bonds. The Morgan fingerprint density at radius 1 is 1.05 bits per heavy atom. The molecule has 1 saturated carbocycles. The van der Waals surface area contributed by atoms with E-state index in [-0.39, 0.29) is 24.5 Å². The fraction of sp³-hybridized carbons (Fsp3) is 0.938. The van der Waals surface area contributed by atoms with Gasteiger partial charge in [-0.25, -0.2) is 0 Å². The summed E-state index contributed by atoms with van der Waals surface area (Å²) in [6.45, 7) is 2.16. The maximum absolute atomic E-state index is 12.7. The Morgan fingerprint density at radius 2 is 1.70 bits per heavy atom. The van der Waals surface area contributed by atoms with Crippen LogP contribution in [0.25, 0.3) is 0 Å². The van der Waals surface area contributed by atoms with Gasteiger partial charge in [-0.1, -0.05) is 45.4 Å². The fourth-order valence-electron chi connectivity index (χ4n) is 3.06. The van der Waals surface area contributed by atoms with E-state index in [4.69, 9.17) is 0 Å². The Kier molecular flexibility index (Phi) is 7.60. The van der Waals surface area contributed by atoms with Crippen molar-refractivity contribution in [3.63, 3.8) is 0 Å². The molecule has 0 bridgehead atoms. The number of alkyl halides is 3. The predicted octanol–water partition coefficient (Wildman–Crippen LogP) is 5.67. The highest BCUT2D eigenvalue weighted by molar-refractivity contribution is 5.81. The van der Waals surface area contributed by atoms with Gasteiger partial charge in [0.15, 0.2) is 0 Å². The second kappa shape index (κ2) is 8.68. The molecule has 20 heavy (non-hydrogen) atoms. The van der Waals surface area contributed by atoms with Crippen molar-refractivity contribution < 1.29 is 18.0 Å². The normalized spacial score (nSPS) is 23.8. The van der Waals surface area contributed by atoms with Gasteiger partial charge in [-0.15, -0.1) is 0 Å². The van der Waals surface area contributed by atoms with E-state index < -0.39 is 12.1 Å². The van der Waals surface area contributed by atoms with Gasteiger partial charge in [0.05, 0.1) is 5.92 Å². The van der Waals surface area contributed by atoms with Gasteiger partial charge >= 0.3 is 6.18 Å². The van der Waals surface area contributed by atoms with Crippen LogP contribution in [0.1, 0.15) is 77.6 Å². The van der Waals surface area contributed by atoms with Gasteiger partial charge in [0.2, 0.25) is 0 Å². The summed E-state index contributed by atoms with van der Waals surface area (Å²) in [6.07, 6.45) is 4.39. The molecule has 0 N–H and O–H groups in total. The molecule has 1 nitrogen and oxygen atoms in total. The summed E-state index contributed by atoms with van der Waals surface area (Å²) in [5, 5.41) is 0. The molecule has 0 heterocycles. The van der Waals surface area contributed by atoms with Crippen molar-refractivity contribution in [1.29, 1.82) is 0 Å². The van der Waals surface area contributed by atoms with Crippen molar-refractivity contribution in [2.24, 2.45) is 11.8 Å². The summed E-state index contributed by atoms with van der Waals surface area (Å²) in [5.74, 6) is -1.53. The third-order valence-electron chi connectivity index (χ3n) is 4.37. The average Bonchev–Trinajstić information content (AvgIpc) is 2.41. The second-order valence-corrected chi connectivity index (χ2v) is 6.09. The van der Waals surface area contributed by atoms with E-state index >= 15 is 0 Å². The van der Waals surface area contributed by atoms with Crippen LogP contribution in [0.2, 0.25) is 0 Å². The monoisotopic (exact) mass is 292 g/mol. The molecule has 1 aliphatic rings. The second-order valence-electron chi connectivity index (χ2n) is 6.09. The minimum atomic E-state index is -4.13. The molecule has 0 aliphatic heterocycles. The number of hydrogen-bond acceptors (Lipinski definition) is 1. The summed E-state index contributed by atoms with van der Waals surface area (Å²) >= 11 is 0. The number of ketones is 1. The number of rotatable bonds is 8. The van der Waals surface area contributed by atoms with Gasteiger partial charge in [-0.2, -0.15) is 13.2 Å². The third kappa shape index (κ3) is 6.27. The first kappa shape index (κ1) is 17.5. The van der Waals surface area contributed by atoms with Crippen LogP contribution >= 0.6 is 0 Å². The van der Waals surface area contributed by atoms with Gasteiger partial charge in [0.25, 0.3) is 0 Å². The van der Waals surface area contributed by atoms with E-state index in [0.29, 0.717) is 19.3 Å². The highest BCUT2D eigenvalue weighted by atomic mass is 19.4. The Morgan fingerprint density at radius 3 is 2.35 bits per heavy atom. The molecule has 0 radical (unpaired) electrons. The van der Waals surface area contributed by atoms with E-state index in [1.54, 1.807) is 0 Å². The lowest BCUT2D eigenvalue weighted by Crippen LogP contribution is -2.31. The molecule has 0 aromatic carbocycles. The third-order valence-corrected chi connectivity index (χ3v) is 4.37. The summed E-state index contributed by atoms with van der Waals surface area (Å²) in [4.78, 5) is 12.0. The van der Waals surface area contributed by atoms with Crippen molar-refractivity contribution in [3.8, 4) is 0 Å². The number of hydrogen-bond donors (Lipinski definition) is 0. The van der Waals surface area contributed by atoms with Gasteiger partial charge in [-0.3, -0.25) is 4.79 Å². The topological polar surface area (TPSA) is 17.1 Å². The molecule has 2 unspecified atom stereocenters. The van der Waals surface area contributed by atoms with E-state index in [1.807, 2.05) is 0 Å². The van der Waals surface area contributed by atoms with Crippen molar-refractivity contribution in [1.82, 2.24) is 0 Å². The SMILES string of the molecule is CCCCCCCCC(=O)C1CCCC(C(F)(F)F)C1. The maximum atomic E-state index is 12.7. The molecule has 0 aromatic rings. The molecular formula is C16H27F3O. The molecule has 2 atom stereocenters. The average molecular weight is 292 g/mol. The number of carbonyl (C=O) groups excluding carboxylic acids is 1. The first-order valence-corrected chi connectivity index (χ1v) is 8.04. The summed E-state index contributed by atoms with van der Waals surface area (Å²) < 4.78 is 38.1. The van der Waals surface area contributed by atoms with Crippen LogP contribution in [-0.4, -0.2) is 12.0 Å². The minimum absolute atomic E-state index is 0.0260. The van der Waals surface area contributed by atoms with Crippen LogP contribution in [0.15, 0.2) is 0 Å². The quantitative estimate of drug-likeness (QED) is 0.526. The predicted molar refractivity (Wildman–Crippen MR) is 74.5 cm³/mol. The zero-order valence-corrected chi connectivity index (χ0v) is 12.5. The molecule has 1 fully saturated rings. The van der Waals surface area contributed by atoms with E-state index in [9.17, 15) is 18.0 Å². The zero-order chi connectivity index (χ0) is 15.0. The van der Waals surface area contributed by atoms with E-state index in [2.05, 4.69) is 6.92 Å². The first-order chi connectivity index (χ1) is 9.45. The van der Waals surface area contributed by atoms with Crippen LogP contribution < -0.4 is 0 Å². The van der Waals surface area contributed by atoms with E-state index in [0.717, 1.165) is 19.3 Å². The lowest BCUT2D eigenvalue weighted by molar-refractivity contribution is -0.186. The molecule has 0 spiro atoms. The number of Topliss-reactive ketones (excluding diaryl/α,β-unsaturated/α-hetero) is 1. The van der Waals surface area contributed by atoms with Crippen LogP contribution in [0, 0.1) is 11.8 Å². The maximum Gasteiger partial charge on any atom is 0.391 e. The molecular weight excluding hydrogens is 265 g/mol. The molecule has 1 rings (SSSR count). The van der Waals surface area contributed by atoms with Crippen molar-refractivity contribution in [2.45, 2.75) is 83.7 Å². The Bertz CT molecular complexity index is 286. The van der Waals surface area contributed by atoms with Gasteiger partial charge in [-0.05, 0) is 25.7 Å². The Hall–Kier alpha value is -0.540. The van der Waals surface area contributed by atoms with Crippen LogP contribution in [0.5, 0.6) is 0 Å². The van der Waals surface area contributed by atoms with Gasteiger partial charge in [0.1, 0.15) is 5.78 Å². The summed E-state index contributed by atoms with van der Waals surface area (Å²) in [7, 11) is 0. The largest absolute Gasteiger partial charge is 0.391 e. The van der Waals surface area contributed by atoms with Crippen molar-refractivity contribution in [3.05, 3.63) is 0 Å². The van der Waals surface area contributed by atoms with Crippen LogP contribution in [-0.2, 0) is 4.79 Å². The van der Waals surface area contributed by atoms with Gasteiger partial charge < -0.3 is 0 Å². The zero-order valence-electron chi connectivity index (χ0n) is 12.5. The van der Waals surface area contributed by atoms with Crippen LogP contribution in [0.4, 0.5) is 13.2 Å². The lowest BCUT2D eigenvalue weighted by Gasteiger charge is -2.29. The van der Waals surface area contributed by atoms with Crippen molar-refractivity contribution >= 4 is 5.78 Å². The van der Waals surface area contributed by atoms with Crippen molar-refractivity contribution in [2.75, 3.05) is 0 Å². The van der Waals surface area contributed by atoms with Gasteiger partial charge in [0, 0.05) is 12.3 Å². The Labute approximate surface area is 120 Å². The number of unbranched alkanes of at least 4 members (excludes halogenated alkanes) is 5. The number of halogens is 3. The first-order valence-electron chi connectivity index (χ1n) is 8.04. The molecule has 0 aromatic heterocycles. The standard InChI is InChI=1S/C16H27F3O/c1-2-3-4-5-6-7-11-15(20)13-9-8-10-14(12-13)16(17,18)19/h13-14H,2-12H2,1H3. The number of carbonyl (C=O) groups is 1. The lowest BCUT2D eigenvalue weighted by atomic mass is 9.78. The highest BCUT2D eigenvalue weighted by Gasteiger charge is 2.43. The van der Waals surface area contributed by atoms with Crippen LogP contribution in [0.3, 0.4) is 0 Å². The highest BCUT2D eigenvalue weighted by Crippen LogP contribution is 2.40. The Balaban J connectivity index is 2.22. The molecule has 4 heteroatoms. The molecule has 0 saturated heterocycles.